The number of halogens is 1. The second-order valence-electron chi connectivity index (χ2n) is 7.05. The van der Waals surface area contributed by atoms with Crippen LogP contribution in [-0.4, -0.2) is 32.3 Å². The fraction of sp³-hybridized carbons (Fsp3) is 0.0833. The van der Waals surface area contributed by atoms with E-state index in [1.54, 1.807) is 18.2 Å². The fourth-order valence-electron chi connectivity index (χ4n) is 3.15. The number of amides is 2. The molecule has 1 heterocycles. The zero-order valence-corrected chi connectivity index (χ0v) is 19.2. The van der Waals surface area contributed by atoms with E-state index in [4.69, 9.17) is 11.6 Å². The summed E-state index contributed by atoms with van der Waals surface area (Å²) in [5.41, 5.74) is 2.96. The first kappa shape index (κ1) is 22.6. The van der Waals surface area contributed by atoms with Crippen molar-refractivity contribution in [3.05, 3.63) is 83.9 Å². The number of thioether (sulfide) groups is 1. The summed E-state index contributed by atoms with van der Waals surface area (Å²) in [5, 5.41) is 15.3. The van der Waals surface area contributed by atoms with Gasteiger partial charge in [0.2, 0.25) is 11.8 Å². The third-order valence-corrected chi connectivity index (χ3v) is 5.85. The lowest BCUT2D eigenvalue weighted by Crippen LogP contribution is -2.14. The number of rotatable bonds is 7. The van der Waals surface area contributed by atoms with Crippen molar-refractivity contribution in [3.63, 3.8) is 0 Å². The molecule has 9 heteroatoms. The van der Waals surface area contributed by atoms with Crippen LogP contribution < -0.4 is 10.6 Å². The lowest BCUT2D eigenvalue weighted by atomic mass is 10.2. The first-order chi connectivity index (χ1) is 16.0. The summed E-state index contributed by atoms with van der Waals surface area (Å²) >= 11 is 7.41. The van der Waals surface area contributed by atoms with Gasteiger partial charge in [0.1, 0.15) is 0 Å². The molecule has 0 aliphatic rings. The summed E-state index contributed by atoms with van der Waals surface area (Å²) in [6.07, 6.45) is 0. The Hall–Kier alpha value is -3.62. The van der Waals surface area contributed by atoms with Crippen LogP contribution in [0.25, 0.3) is 17.1 Å². The van der Waals surface area contributed by atoms with Gasteiger partial charge in [0.05, 0.1) is 16.5 Å². The van der Waals surface area contributed by atoms with Crippen LogP contribution in [0.5, 0.6) is 0 Å². The molecule has 2 N–H and O–H groups in total. The Labute approximate surface area is 200 Å². The molecule has 0 radical (unpaired) electrons. The second kappa shape index (κ2) is 10.3. The molecule has 0 aliphatic carbocycles. The molecule has 1 aromatic heterocycles. The molecule has 166 valence electrons. The monoisotopic (exact) mass is 477 g/mol. The van der Waals surface area contributed by atoms with E-state index in [0.717, 1.165) is 11.3 Å². The number of hydrogen-bond acceptors (Lipinski definition) is 5. The summed E-state index contributed by atoms with van der Waals surface area (Å²) in [6.45, 7) is 1.46. The molecule has 33 heavy (non-hydrogen) atoms. The van der Waals surface area contributed by atoms with E-state index in [0.29, 0.717) is 27.4 Å². The van der Waals surface area contributed by atoms with E-state index in [-0.39, 0.29) is 17.6 Å². The number of para-hydroxylation sites is 2. The molecule has 4 rings (SSSR count). The Bertz CT molecular complexity index is 1280. The Kier molecular flexibility index (Phi) is 7.07. The lowest BCUT2D eigenvalue weighted by molar-refractivity contribution is -0.114. The van der Waals surface area contributed by atoms with E-state index < -0.39 is 0 Å². The molecule has 0 saturated heterocycles. The van der Waals surface area contributed by atoms with Crippen LogP contribution in [0.15, 0.2) is 84.0 Å². The van der Waals surface area contributed by atoms with E-state index >= 15 is 0 Å². The first-order valence-corrected chi connectivity index (χ1v) is 11.4. The molecule has 0 bridgehead atoms. The van der Waals surface area contributed by atoms with Crippen LogP contribution >= 0.6 is 23.4 Å². The molecule has 4 aromatic rings. The maximum absolute atomic E-state index is 12.5. The topological polar surface area (TPSA) is 88.9 Å². The van der Waals surface area contributed by atoms with Crippen molar-refractivity contribution in [2.24, 2.45) is 0 Å². The molecule has 0 saturated carbocycles. The number of benzene rings is 3. The van der Waals surface area contributed by atoms with Gasteiger partial charge in [-0.25, -0.2) is 0 Å². The molecule has 0 aliphatic heterocycles. The molecular formula is C24H20ClN5O2S. The van der Waals surface area contributed by atoms with E-state index in [2.05, 4.69) is 20.8 Å². The summed E-state index contributed by atoms with van der Waals surface area (Å²) in [4.78, 5) is 23.8. The average molecular weight is 478 g/mol. The molecule has 0 spiro atoms. The zero-order valence-electron chi connectivity index (χ0n) is 17.7. The van der Waals surface area contributed by atoms with Gasteiger partial charge in [-0.05, 0) is 48.5 Å². The highest BCUT2D eigenvalue weighted by Gasteiger charge is 2.17. The average Bonchev–Trinajstić information content (AvgIpc) is 3.24. The predicted molar refractivity (Wildman–Crippen MR) is 132 cm³/mol. The van der Waals surface area contributed by atoms with Crippen LogP contribution in [0.1, 0.15) is 6.92 Å². The minimum Gasteiger partial charge on any atom is -0.326 e. The van der Waals surface area contributed by atoms with Gasteiger partial charge in [-0.2, -0.15) is 0 Å². The standard InChI is InChI=1S/C24H20ClN5O2S/c1-16(31)26-18-13-11-17(12-14-18)23-28-29-24(30(23)19-7-3-2-4-8-19)33-15-22(32)27-21-10-6-5-9-20(21)25/h2-14H,15H2,1H3,(H,26,31)(H,27,32). The van der Waals surface area contributed by atoms with E-state index in [1.165, 1.54) is 18.7 Å². The van der Waals surface area contributed by atoms with Crippen LogP contribution in [0, 0.1) is 0 Å². The number of nitrogens with one attached hydrogen (secondary N) is 2. The SMILES string of the molecule is CC(=O)Nc1ccc(-c2nnc(SCC(=O)Nc3ccccc3Cl)n2-c2ccccc2)cc1. The number of hydrogen-bond donors (Lipinski definition) is 2. The molecule has 3 aromatic carbocycles. The van der Waals surface area contributed by atoms with Crippen molar-refractivity contribution in [2.75, 3.05) is 16.4 Å². The fourth-order valence-corrected chi connectivity index (χ4v) is 4.08. The summed E-state index contributed by atoms with van der Waals surface area (Å²) in [6, 6.07) is 24.1. The number of carbonyl (C=O) groups excluding carboxylic acids is 2. The van der Waals surface area contributed by atoms with Crippen molar-refractivity contribution in [3.8, 4) is 17.1 Å². The zero-order chi connectivity index (χ0) is 23.2. The van der Waals surface area contributed by atoms with E-state index in [1.807, 2.05) is 65.2 Å². The van der Waals surface area contributed by atoms with Crippen LogP contribution in [0.2, 0.25) is 5.02 Å². The largest absolute Gasteiger partial charge is 0.326 e. The van der Waals surface area contributed by atoms with Gasteiger partial charge < -0.3 is 10.6 Å². The van der Waals surface area contributed by atoms with Gasteiger partial charge in [-0.1, -0.05) is 53.7 Å². The minimum absolute atomic E-state index is 0.135. The Morgan fingerprint density at radius 3 is 2.30 bits per heavy atom. The van der Waals surface area contributed by atoms with Crippen LogP contribution in [-0.2, 0) is 9.59 Å². The number of carbonyl (C=O) groups is 2. The first-order valence-electron chi connectivity index (χ1n) is 10.1. The molecular weight excluding hydrogens is 458 g/mol. The quantitative estimate of drug-likeness (QED) is 0.354. The van der Waals surface area contributed by atoms with Crippen molar-refractivity contribution in [1.82, 2.24) is 14.8 Å². The van der Waals surface area contributed by atoms with Gasteiger partial charge in [-0.15, -0.1) is 10.2 Å². The highest BCUT2D eigenvalue weighted by atomic mass is 35.5. The normalized spacial score (nSPS) is 10.6. The predicted octanol–water partition coefficient (Wildman–Crippen LogP) is 5.28. The molecule has 0 fully saturated rings. The molecule has 0 unspecified atom stereocenters. The number of anilines is 2. The summed E-state index contributed by atoms with van der Waals surface area (Å²) in [7, 11) is 0. The Morgan fingerprint density at radius 2 is 1.61 bits per heavy atom. The lowest BCUT2D eigenvalue weighted by Gasteiger charge is -2.11. The van der Waals surface area contributed by atoms with E-state index in [9.17, 15) is 9.59 Å². The van der Waals surface area contributed by atoms with Gasteiger partial charge in [0.25, 0.3) is 0 Å². The van der Waals surface area contributed by atoms with Crippen molar-refractivity contribution >= 4 is 46.6 Å². The molecule has 7 nitrogen and oxygen atoms in total. The van der Waals surface area contributed by atoms with Crippen LogP contribution in [0.4, 0.5) is 11.4 Å². The minimum atomic E-state index is -0.197. The Balaban J connectivity index is 1.58. The van der Waals surface area contributed by atoms with Gasteiger partial charge in [-0.3, -0.25) is 14.2 Å². The van der Waals surface area contributed by atoms with Gasteiger partial charge >= 0.3 is 0 Å². The van der Waals surface area contributed by atoms with Crippen LogP contribution in [0.3, 0.4) is 0 Å². The number of aromatic nitrogens is 3. The van der Waals surface area contributed by atoms with Crippen molar-refractivity contribution in [2.45, 2.75) is 12.1 Å². The third kappa shape index (κ3) is 5.60. The van der Waals surface area contributed by atoms with Crippen molar-refractivity contribution in [1.29, 1.82) is 0 Å². The maximum atomic E-state index is 12.5. The highest BCUT2D eigenvalue weighted by molar-refractivity contribution is 7.99. The second-order valence-corrected chi connectivity index (χ2v) is 8.40. The summed E-state index contributed by atoms with van der Waals surface area (Å²) < 4.78 is 1.90. The van der Waals surface area contributed by atoms with Crippen molar-refractivity contribution < 1.29 is 9.59 Å². The summed E-state index contributed by atoms with van der Waals surface area (Å²) in [5.74, 6) is 0.433. The maximum Gasteiger partial charge on any atom is 0.234 e. The third-order valence-electron chi connectivity index (χ3n) is 4.59. The highest BCUT2D eigenvalue weighted by Crippen LogP contribution is 2.29. The molecule has 2 amide bonds. The van der Waals surface area contributed by atoms with Gasteiger partial charge in [0, 0.05) is 23.9 Å². The Morgan fingerprint density at radius 1 is 0.909 bits per heavy atom. The number of nitrogens with zero attached hydrogens (tertiary/aromatic N) is 3. The molecule has 0 atom stereocenters. The van der Waals surface area contributed by atoms with Gasteiger partial charge in [0.15, 0.2) is 11.0 Å². The smallest absolute Gasteiger partial charge is 0.234 e.